The Hall–Kier alpha value is -4.04. The van der Waals surface area contributed by atoms with Gasteiger partial charge in [0.1, 0.15) is 23.8 Å². The van der Waals surface area contributed by atoms with Crippen LogP contribution in [0.1, 0.15) is 80.7 Å². The predicted octanol–water partition coefficient (Wildman–Crippen LogP) is 4.86. The summed E-state index contributed by atoms with van der Waals surface area (Å²) in [5.74, 6) is -2.05. The van der Waals surface area contributed by atoms with Gasteiger partial charge in [-0.05, 0) is 23.6 Å². The van der Waals surface area contributed by atoms with Crippen molar-refractivity contribution in [3.8, 4) is 0 Å². The number of aliphatic hydroxyl groups is 1. The molecule has 5 rings (SSSR count). The first-order chi connectivity index (χ1) is 27.2. The zero-order chi connectivity index (χ0) is 41.2. The van der Waals surface area contributed by atoms with E-state index in [0.717, 1.165) is 38.5 Å². The Morgan fingerprint density at radius 3 is 1.96 bits per heavy atom. The number of ether oxygens (including phenoxy) is 7. The number of esters is 4. The normalized spacial score (nSPS) is 25.8. The molecule has 9 atom stereocenters. The van der Waals surface area contributed by atoms with Crippen molar-refractivity contribution in [2.24, 2.45) is 5.92 Å². The lowest BCUT2D eigenvalue weighted by molar-refractivity contribution is -0.268. The summed E-state index contributed by atoms with van der Waals surface area (Å²) in [6, 6.07) is 15.5. The number of carbonyl (C=O) groups is 4. The van der Waals surface area contributed by atoms with Gasteiger partial charge in [-0.3, -0.25) is 19.2 Å². The number of nitrogens with one attached hydrogen (secondary N) is 1. The summed E-state index contributed by atoms with van der Waals surface area (Å²) in [4.78, 5) is 48.5. The highest BCUT2D eigenvalue weighted by Crippen LogP contribution is 2.43. The van der Waals surface area contributed by atoms with E-state index in [-0.39, 0.29) is 37.8 Å². The molecule has 2 N–H and O–H groups in total. The van der Waals surface area contributed by atoms with Crippen LogP contribution in [0, 0.1) is 12.8 Å². The number of nitrogens with zero attached hydrogens (tertiary/aromatic N) is 2. The van der Waals surface area contributed by atoms with Gasteiger partial charge in [-0.2, -0.15) is 0 Å². The zero-order valence-corrected chi connectivity index (χ0v) is 34.9. The van der Waals surface area contributed by atoms with E-state index < -0.39 is 60.7 Å². The van der Waals surface area contributed by atoms with Gasteiger partial charge in [0.15, 0.2) is 28.9 Å². The SMILES string of the molecule is CC(=O)OCC1OC(CC(=S)NCc2ccc(C3OC(CSc4nnc(C)s4)C(C)C(c4ccc(CO)cc4)O3)cc2)C(OC(C)=O)C(OC(C)=O)C1OC(C)=O. The van der Waals surface area contributed by atoms with Crippen LogP contribution in [-0.4, -0.2) is 93.2 Å². The minimum absolute atomic E-state index is 0.00890. The highest BCUT2D eigenvalue weighted by atomic mass is 32.2. The van der Waals surface area contributed by atoms with E-state index in [1.807, 2.05) is 55.5 Å². The maximum absolute atomic E-state index is 12.2. The number of thioether (sulfide) groups is 1. The van der Waals surface area contributed by atoms with Crippen molar-refractivity contribution in [1.29, 1.82) is 0 Å². The molecule has 2 fully saturated rings. The van der Waals surface area contributed by atoms with Crippen molar-refractivity contribution in [3.05, 3.63) is 75.8 Å². The molecule has 3 aromatic rings. The summed E-state index contributed by atoms with van der Waals surface area (Å²) < 4.78 is 42.0. The van der Waals surface area contributed by atoms with Crippen molar-refractivity contribution in [2.75, 3.05) is 12.4 Å². The van der Waals surface area contributed by atoms with E-state index in [2.05, 4.69) is 22.4 Å². The molecule has 2 aliphatic rings. The Kier molecular flexibility index (Phi) is 15.9. The summed E-state index contributed by atoms with van der Waals surface area (Å²) in [7, 11) is 0. The molecule has 0 spiro atoms. The standard InChI is InChI=1S/C39H47N3O12S3/c1-20-32(19-56-39-42-41-21(2)57-39)53-38(54-34(20)28-11-9-27(17-43)10-12-28)29-13-7-26(8-14-29)16-40-33(55)15-30-35(49-23(4)45)37(51-25(6)47)36(50-24(5)46)31(52-30)18-48-22(3)44/h7-14,20,30-32,34-38,43H,15-19H2,1-6H3,(H,40,55). The fraction of sp³-hybridized carbons (Fsp3) is 0.513. The van der Waals surface area contributed by atoms with Gasteiger partial charge in [-0.15, -0.1) is 10.2 Å². The fourth-order valence-electron chi connectivity index (χ4n) is 6.53. The Morgan fingerprint density at radius 2 is 1.39 bits per heavy atom. The lowest BCUT2D eigenvalue weighted by atomic mass is 9.91. The average Bonchev–Trinajstić information content (AvgIpc) is 3.59. The second-order valence-corrected chi connectivity index (χ2v) is 16.6. The molecular weight excluding hydrogens is 799 g/mol. The Labute approximate surface area is 344 Å². The Bertz CT molecular complexity index is 1860. The van der Waals surface area contributed by atoms with Gasteiger partial charge in [-0.25, -0.2) is 0 Å². The van der Waals surface area contributed by atoms with Crippen LogP contribution in [0.25, 0.3) is 0 Å². The smallest absolute Gasteiger partial charge is 0.303 e. The molecule has 0 radical (unpaired) electrons. The molecule has 15 nitrogen and oxygen atoms in total. The van der Waals surface area contributed by atoms with Crippen LogP contribution in [0.2, 0.25) is 0 Å². The minimum Gasteiger partial charge on any atom is -0.463 e. The minimum atomic E-state index is -1.27. The van der Waals surface area contributed by atoms with Gasteiger partial charge in [0.05, 0.1) is 23.8 Å². The van der Waals surface area contributed by atoms with Crippen LogP contribution in [0.15, 0.2) is 52.9 Å². The first-order valence-electron chi connectivity index (χ1n) is 18.3. The maximum Gasteiger partial charge on any atom is 0.303 e. The molecule has 2 saturated heterocycles. The van der Waals surface area contributed by atoms with Crippen LogP contribution in [0.3, 0.4) is 0 Å². The maximum atomic E-state index is 12.2. The molecule has 3 heterocycles. The second kappa shape index (κ2) is 20.6. The number of aromatic nitrogens is 2. The summed E-state index contributed by atoms with van der Waals surface area (Å²) in [6.45, 7) is 8.72. The fourth-order valence-corrected chi connectivity index (χ4v) is 8.77. The molecule has 9 unspecified atom stereocenters. The summed E-state index contributed by atoms with van der Waals surface area (Å²) >= 11 is 8.83. The molecule has 0 amide bonds. The molecule has 0 aliphatic carbocycles. The van der Waals surface area contributed by atoms with Gasteiger partial charge in [0.25, 0.3) is 0 Å². The largest absolute Gasteiger partial charge is 0.463 e. The third-order valence-corrected chi connectivity index (χ3v) is 11.6. The number of hydrogen-bond donors (Lipinski definition) is 2. The van der Waals surface area contributed by atoms with Crippen molar-refractivity contribution in [3.63, 3.8) is 0 Å². The molecule has 18 heteroatoms. The van der Waals surface area contributed by atoms with Gasteiger partial charge in [-0.1, -0.05) is 90.8 Å². The summed E-state index contributed by atoms with van der Waals surface area (Å²) in [5, 5.41) is 22.1. The second-order valence-electron chi connectivity index (χ2n) is 13.7. The van der Waals surface area contributed by atoms with E-state index >= 15 is 0 Å². The van der Waals surface area contributed by atoms with Crippen LogP contribution in [-0.2, 0) is 65.5 Å². The molecule has 0 saturated carbocycles. The lowest BCUT2D eigenvalue weighted by Crippen LogP contribution is -2.62. The zero-order valence-electron chi connectivity index (χ0n) is 32.4. The molecule has 0 bridgehead atoms. The lowest BCUT2D eigenvalue weighted by Gasteiger charge is -2.44. The topological polar surface area (TPSA) is 191 Å². The molecule has 2 aliphatic heterocycles. The highest BCUT2D eigenvalue weighted by molar-refractivity contribution is 8.01. The van der Waals surface area contributed by atoms with E-state index in [0.29, 0.717) is 17.3 Å². The van der Waals surface area contributed by atoms with Crippen LogP contribution >= 0.6 is 35.3 Å². The first kappa shape index (κ1) is 44.1. The monoisotopic (exact) mass is 845 g/mol. The number of hydrogen-bond acceptors (Lipinski definition) is 17. The van der Waals surface area contributed by atoms with E-state index in [1.165, 1.54) is 20.8 Å². The van der Waals surface area contributed by atoms with E-state index in [9.17, 15) is 24.3 Å². The third kappa shape index (κ3) is 12.5. The van der Waals surface area contributed by atoms with Gasteiger partial charge in [0, 0.05) is 57.9 Å². The Balaban J connectivity index is 1.27. The highest BCUT2D eigenvalue weighted by Gasteiger charge is 2.52. The number of benzene rings is 2. The number of aryl methyl sites for hydroxylation is 1. The first-order valence-corrected chi connectivity index (χ1v) is 20.5. The number of rotatable bonds is 15. The summed E-state index contributed by atoms with van der Waals surface area (Å²) in [5.41, 5.74) is 3.52. The molecule has 2 aromatic carbocycles. The van der Waals surface area contributed by atoms with E-state index in [1.54, 1.807) is 23.1 Å². The van der Waals surface area contributed by atoms with Crippen molar-refractivity contribution < 1.29 is 57.4 Å². The molecule has 308 valence electrons. The van der Waals surface area contributed by atoms with Crippen LogP contribution < -0.4 is 5.32 Å². The van der Waals surface area contributed by atoms with Crippen molar-refractivity contribution >= 4 is 64.2 Å². The summed E-state index contributed by atoms with van der Waals surface area (Å²) in [6.07, 6.45) is -6.84. The van der Waals surface area contributed by atoms with E-state index in [4.69, 9.17) is 45.4 Å². The van der Waals surface area contributed by atoms with Crippen molar-refractivity contribution in [2.45, 2.75) is 114 Å². The number of aliphatic hydroxyl groups excluding tert-OH is 1. The third-order valence-electron chi connectivity index (χ3n) is 9.22. The average molecular weight is 846 g/mol. The Morgan fingerprint density at radius 1 is 0.789 bits per heavy atom. The van der Waals surface area contributed by atoms with Gasteiger partial charge < -0.3 is 43.6 Å². The number of thiocarbonyl (C=S) groups is 1. The quantitative estimate of drug-likeness (QED) is 0.0912. The molecule has 57 heavy (non-hydrogen) atoms. The predicted molar refractivity (Wildman–Crippen MR) is 211 cm³/mol. The molecule has 1 aromatic heterocycles. The van der Waals surface area contributed by atoms with Gasteiger partial charge in [0.2, 0.25) is 0 Å². The van der Waals surface area contributed by atoms with Gasteiger partial charge >= 0.3 is 23.9 Å². The number of carbonyl (C=O) groups excluding carboxylic acids is 4. The van der Waals surface area contributed by atoms with Crippen LogP contribution in [0.5, 0.6) is 0 Å². The van der Waals surface area contributed by atoms with Crippen molar-refractivity contribution in [1.82, 2.24) is 15.5 Å². The van der Waals surface area contributed by atoms with Crippen LogP contribution in [0.4, 0.5) is 0 Å². The molecular formula is C39H47N3O12S3.